The molecule has 4 heteroatoms. The molecular weight excluding hydrogens is 176 g/mol. The molecule has 0 spiro atoms. The van der Waals surface area contributed by atoms with Gasteiger partial charge in [-0.25, -0.2) is 4.98 Å². The molecule has 1 aromatic heterocycles. The van der Waals surface area contributed by atoms with E-state index in [1.54, 1.807) is 12.1 Å². The number of aldehydes is 1. The van der Waals surface area contributed by atoms with Crippen molar-refractivity contribution in [3.8, 4) is 0 Å². The molecule has 12 heavy (non-hydrogen) atoms. The average molecular weight is 183 g/mol. The van der Waals surface area contributed by atoms with Crippen molar-refractivity contribution in [3.05, 3.63) is 28.9 Å². The Labute approximate surface area is 74.9 Å². The maximum absolute atomic E-state index is 9.99. The van der Waals surface area contributed by atoms with Crippen molar-refractivity contribution < 1.29 is 4.79 Å². The lowest BCUT2D eigenvalue weighted by molar-refractivity contribution is -0.104. The number of rotatable bonds is 2. The van der Waals surface area contributed by atoms with E-state index >= 15 is 0 Å². The highest BCUT2D eigenvalue weighted by molar-refractivity contribution is 6.30. The summed E-state index contributed by atoms with van der Waals surface area (Å²) in [6.45, 7) is 0. The quantitative estimate of drug-likeness (QED) is 0.558. The summed E-state index contributed by atoms with van der Waals surface area (Å²) in [6.07, 6.45) is 5.01. The summed E-state index contributed by atoms with van der Waals surface area (Å²) in [7, 11) is 0. The topological polar surface area (TPSA) is 56.0 Å². The summed E-state index contributed by atoms with van der Waals surface area (Å²) in [5.41, 5.74) is 6.14. The second kappa shape index (κ2) is 3.88. The number of nitrogens with zero attached hydrogens (tertiary/aromatic N) is 1. The fraction of sp³-hybridized carbons (Fsp3) is 0. The zero-order valence-corrected chi connectivity index (χ0v) is 6.95. The highest BCUT2D eigenvalue weighted by Gasteiger charge is 1.96. The Balaban J connectivity index is 3.04. The first-order valence-electron chi connectivity index (χ1n) is 3.27. The normalized spacial score (nSPS) is 10.4. The Hall–Kier alpha value is -1.35. The number of pyridine rings is 1. The van der Waals surface area contributed by atoms with Gasteiger partial charge in [0.25, 0.3) is 0 Å². The molecule has 0 aliphatic rings. The number of carbonyl (C=O) groups excluding carboxylic acids is 1. The van der Waals surface area contributed by atoms with Gasteiger partial charge < -0.3 is 5.73 Å². The van der Waals surface area contributed by atoms with Crippen LogP contribution in [0.1, 0.15) is 5.56 Å². The highest BCUT2D eigenvalue weighted by atomic mass is 35.5. The third-order valence-corrected chi connectivity index (χ3v) is 1.48. The van der Waals surface area contributed by atoms with Crippen LogP contribution in [0.25, 0.3) is 6.08 Å². The first kappa shape index (κ1) is 8.74. The van der Waals surface area contributed by atoms with Gasteiger partial charge in [0, 0.05) is 11.8 Å². The van der Waals surface area contributed by atoms with E-state index in [1.807, 2.05) is 0 Å². The maximum Gasteiger partial charge on any atom is 0.142 e. The van der Waals surface area contributed by atoms with Gasteiger partial charge in [-0.2, -0.15) is 0 Å². The highest BCUT2D eigenvalue weighted by Crippen LogP contribution is 2.15. The second-order valence-corrected chi connectivity index (χ2v) is 2.56. The van der Waals surface area contributed by atoms with Crippen LogP contribution in [-0.2, 0) is 4.79 Å². The summed E-state index contributed by atoms with van der Waals surface area (Å²) < 4.78 is 0. The van der Waals surface area contributed by atoms with Gasteiger partial charge in [-0.1, -0.05) is 11.6 Å². The molecule has 1 heterocycles. The predicted molar refractivity (Wildman–Crippen MR) is 48.8 cm³/mol. The third-order valence-electron chi connectivity index (χ3n) is 1.27. The fourth-order valence-corrected chi connectivity index (χ4v) is 0.908. The van der Waals surface area contributed by atoms with Crippen molar-refractivity contribution in [3.63, 3.8) is 0 Å². The number of hydrogen-bond donors (Lipinski definition) is 1. The molecule has 0 aromatic carbocycles. The largest absolute Gasteiger partial charge is 0.383 e. The molecule has 0 aliphatic carbocycles. The van der Waals surface area contributed by atoms with E-state index in [9.17, 15) is 4.79 Å². The first-order valence-corrected chi connectivity index (χ1v) is 3.64. The van der Waals surface area contributed by atoms with Gasteiger partial charge in [0.1, 0.15) is 12.1 Å². The summed E-state index contributed by atoms with van der Waals surface area (Å²) in [6, 6.07) is 1.64. The zero-order chi connectivity index (χ0) is 8.97. The van der Waals surface area contributed by atoms with Gasteiger partial charge in [0.05, 0.1) is 5.02 Å². The average Bonchev–Trinajstić information content (AvgIpc) is 2.07. The van der Waals surface area contributed by atoms with Crippen LogP contribution in [0.3, 0.4) is 0 Å². The van der Waals surface area contributed by atoms with Crippen molar-refractivity contribution in [2.75, 3.05) is 5.73 Å². The smallest absolute Gasteiger partial charge is 0.142 e. The standard InChI is InChI=1S/C8H7ClN2O/c9-7-4-6(2-1-3-12)8(10)11-5-7/h1-5H,(H2,10,11). The van der Waals surface area contributed by atoms with E-state index in [0.29, 0.717) is 22.7 Å². The van der Waals surface area contributed by atoms with Crippen LogP contribution in [0.2, 0.25) is 5.02 Å². The van der Waals surface area contributed by atoms with Gasteiger partial charge in [-0.05, 0) is 18.2 Å². The molecule has 1 rings (SSSR count). The van der Waals surface area contributed by atoms with Crippen molar-refractivity contribution in [2.45, 2.75) is 0 Å². The molecule has 0 unspecified atom stereocenters. The summed E-state index contributed by atoms with van der Waals surface area (Å²) in [5, 5.41) is 0.495. The number of halogens is 1. The molecule has 3 nitrogen and oxygen atoms in total. The van der Waals surface area contributed by atoms with E-state index in [2.05, 4.69) is 4.98 Å². The van der Waals surface area contributed by atoms with E-state index in [4.69, 9.17) is 17.3 Å². The molecule has 2 N–H and O–H groups in total. The Morgan fingerprint density at radius 1 is 1.58 bits per heavy atom. The molecule has 62 valence electrons. The number of hydrogen-bond acceptors (Lipinski definition) is 3. The fourth-order valence-electron chi connectivity index (χ4n) is 0.742. The lowest BCUT2D eigenvalue weighted by atomic mass is 10.2. The summed E-state index contributed by atoms with van der Waals surface area (Å²) >= 11 is 5.66. The van der Waals surface area contributed by atoms with Gasteiger partial charge in [0.15, 0.2) is 0 Å². The van der Waals surface area contributed by atoms with Crippen LogP contribution < -0.4 is 5.73 Å². The molecule has 0 fully saturated rings. The Morgan fingerprint density at radius 3 is 3.00 bits per heavy atom. The van der Waals surface area contributed by atoms with E-state index in [0.717, 1.165) is 0 Å². The number of aromatic nitrogens is 1. The first-order chi connectivity index (χ1) is 5.74. The minimum absolute atomic E-state index is 0.359. The molecule has 0 aliphatic heterocycles. The lowest BCUT2D eigenvalue weighted by Crippen LogP contribution is -1.92. The molecule has 0 radical (unpaired) electrons. The number of allylic oxidation sites excluding steroid dienone is 1. The predicted octanol–water partition coefficient (Wildman–Crippen LogP) is 1.53. The van der Waals surface area contributed by atoms with Gasteiger partial charge in [-0.3, -0.25) is 4.79 Å². The van der Waals surface area contributed by atoms with Crippen molar-refractivity contribution >= 4 is 29.8 Å². The Bertz CT molecular complexity index is 323. The van der Waals surface area contributed by atoms with E-state index in [-0.39, 0.29) is 0 Å². The van der Waals surface area contributed by atoms with Crippen LogP contribution in [0, 0.1) is 0 Å². The molecule has 0 saturated carbocycles. The van der Waals surface area contributed by atoms with E-state index < -0.39 is 0 Å². The molecule has 0 bridgehead atoms. The lowest BCUT2D eigenvalue weighted by Gasteiger charge is -1.97. The molecular formula is C8H7ClN2O. The minimum Gasteiger partial charge on any atom is -0.383 e. The van der Waals surface area contributed by atoms with Crippen LogP contribution in [0.5, 0.6) is 0 Å². The third kappa shape index (κ3) is 2.07. The SMILES string of the molecule is Nc1ncc(Cl)cc1C=CC=O. The zero-order valence-electron chi connectivity index (χ0n) is 6.20. The number of carbonyl (C=O) groups is 1. The number of nitrogen functional groups attached to an aromatic ring is 1. The van der Waals surface area contributed by atoms with Crippen LogP contribution >= 0.6 is 11.6 Å². The van der Waals surface area contributed by atoms with Crippen molar-refractivity contribution in [2.24, 2.45) is 0 Å². The van der Waals surface area contributed by atoms with Gasteiger partial charge >= 0.3 is 0 Å². The molecule has 0 saturated heterocycles. The van der Waals surface area contributed by atoms with Crippen LogP contribution in [0.15, 0.2) is 18.3 Å². The molecule has 0 amide bonds. The van der Waals surface area contributed by atoms with Gasteiger partial charge in [0.2, 0.25) is 0 Å². The minimum atomic E-state index is 0.359. The van der Waals surface area contributed by atoms with Gasteiger partial charge in [-0.15, -0.1) is 0 Å². The monoisotopic (exact) mass is 182 g/mol. The summed E-state index contributed by atoms with van der Waals surface area (Å²) in [4.78, 5) is 13.8. The molecule has 0 atom stereocenters. The van der Waals surface area contributed by atoms with Crippen LogP contribution in [0.4, 0.5) is 5.82 Å². The second-order valence-electron chi connectivity index (χ2n) is 2.12. The molecule has 1 aromatic rings. The summed E-state index contributed by atoms with van der Waals surface area (Å²) in [5.74, 6) is 0.359. The van der Waals surface area contributed by atoms with Crippen molar-refractivity contribution in [1.82, 2.24) is 4.98 Å². The van der Waals surface area contributed by atoms with Crippen molar-refractivity contribution in [1.29, 1.82) is 0 Å². The number of nitrogens with two attached hydrogens (primary N) is 1. The van der Waals surface area contributed by atoms with Crippen LogP contribution in [-0.4, -0.2) is 11.3 Å². The number of anilines is 1. The Kier molecular flexibility index (Phi) is 2.82. The van der Waals surface area contributed by atoms with E-state index in [1.165, 1.54) is 12.3 Å². The Morgan fingerprint density at radius 2 is 2.33 bits per heavy atom. The maximum atomic E-state index is 9.99.